The molecule has 0 aromatic heterocycles. The normalized spacial score (nSPS) is 17.5. The summed E-state index contributed by atoms with van der Waals surface area (Å²) in [5.74, 6) is -0.650. The predicted molar refractivity (Wildman–Crippen MR) is 81.9 cm³/mol. The molecule has 0 spiro atoms. The number of hydrogen-bond acceptors (Lipinski definition) is 4. The van der Waals surface area contributed by atoms with Crippen molar-refractivity contribution in [2.75, 3.05) is 6.61 Å². The Labute approximate surface area is 138 Å². The van der Waals surface area contributed by atoms with Gasteiger partial charge in [0.2, 0.25) is 6.10 Å². The van der Waals surface area contributed by atoms with Crippen molar-refractivity contribution in [1.82, 2.24) is 0 Å². The standard InChI is InChI=1S/C17H19F3O4/c1-5-22-15(21)12-8-10-6-7-11(24-16(2,3)4)9-13(10)23-14(12)17(18,19)20/h6-9,14H,5H2,1-4H3. The van der Waals surface area contributed by atoms with Gasteiger partial charge in [-0.2, -0.15) is 13.2 Å². The number of fused-ring (bicyclic) bond motifs is 1. The summed E-state index contributed by atoms with van der Waals surface area (Å²) >= 11 is 0. The van der Waals surface area contributed by atoms with Crippen molar-refractivity contribution in [3.63, 3.8) is 0 Å². The number of carbonyl (C=O) groups excluding carboxylic acids is 1. The minimum absolute atomic E-state index is 0.00660. The molecule has 24 heavy (non-hydrogen) atoms. The quantitative estimate of drug-likeness (QED) is 0.773. The maximum absolute atomic E-state index is 13.3. The van der Waals surface area contributed by atoms with Crippen molar-refractivity contribution >= 4 is 12.0 Å². The summed E-state index contributed by atoms with van der Waals surface area (Å²) in [6.07, 6.45) is -5.96. The van der Waals surface area contributed by atoms with Gasteiger partial charge in [0.15, 0.2) is 0 Å². The molecular weight excluding hydrogens is 325 g/mol. The largest absolute Gasteiger partial charge is 0.488 e. The topological polar surface area (TPSA) is 44.8 Å². The van der Waals surface area contributed by atoms with Crippen LogP contribution in [0, 0.1) is 0 Å². The number of benzene rings is 1. The van der Waals surface area contributed by atoms with Crippen LogP contribution < -0.4 is 9.47 Å². The smallest absolute Gasteiger partial charge is 0.430 e. The van der Waals surface area contributed by atoms with Crippen LogP contribution in [0.15, 0.2) is 23.8 Å². The highest BCUT2D eigenvalue weighted by molar-refractivity contribution is 5.96. The Bertz CT molecular complexity index is 657. The second-order valence-electron chi connectivity index (χ2n) is 6.27. The number of ether oxygens (including phenoxy) is 3. The molecule has 0 amide bonds. The highest BCUT2D eigenvalue weighted by atomic mass is 19.4. The SMILES string of the molecule is CCOC(=O)C1=Cc2ccc(OC(C)(C)C)cc2OC1C(F)(F)F. The number of carbonyl (C=O) groups is 1. The molecule has 0 fully saturated rings. The third kappa shape index (κ3) is 4.21. The maximum atomic E-state index is 13.3. The van der Waals surface area contributed by atoms with Crippen molar-refractivity contribution < 1.29 is 32.2 Å². The highest BCUT2D eigenvalue weighted by Crippen LogP contribution is 2.39. The molecule has 2 rings (SSSR count). The molecule has 1 aromatic rings. The predicted octanol–water partition coefficient (Wildman–Crippen LogP) is 4.13. The van der Waals surface area contributed by atoms with E-state index < -0.39 is 29.4 Å². The van der Waals surface area contributed by atoms with Gasteiger partial charge in [0.1, 0.15) is 17.1 Å². The summed E-state index contributed by atoms with van der Waals surface area (Å²) in [4.78, 5) is 11.8. The van der Waals surface area contributed by atoms with Crippen LogP contribution >= 0.6 is 0 Å². The molecule has 4 nitrogen and oxygen atoms in total. The number of rotatable bonds is 3. The Kier molecular flexibility index (Phi) is 4.82. The van der Waals surface area contributed by atoms with Crippen molar-refractivity contribution in [2.45, 2.75) is 45.6 Å². The van der Waals surface area contributed by atoms with E-state index in [0.29, 0.717) is 11.3 Å². The first kappa shape index (κ1) is 18.2. The van der Waals surface area contributed by atoms with E-state index in [1.165, 1.54) is 13.0 Å². The molecule has 1 unspecified atom stereocenters. The van der Waals surface area contributed by atoms with E-state index in [1.54, 1.807) is 12.1 Å². The number of hydrogen-bond donors (Lipinski definition) is 0. The van der Waals surface area contributed by atoms with Crippen molar-refractivity contribution in [1.29, 1.82) is 0 Å². The van der Waals surface area contributed by atoms with Gasteiger partial charge in [-0.05, 0) is 45.9 Å². The van der Waals surface area contributed by atoms with Crippen LogP contribution in [0.25, 0.3) is 6.08 Å². The molecule has 1 aliphatic heterocycles. The summed E-state index contributed by atoms with van der Waals surface area (Å²) in [5, 5.41) is 0. The van der Waals surface area contributed by atoms with Gasteiger partial charge in [-0.15, -0.1) is 0 Å². The van der Waals surface area contributed by atoms with Crippen LogP contribution in [0.5, 0.6) is 11.5 Å². The van der Waals surface area contributed by atoms with E-state index in [4.69, 9.17) is 14.2 Å². The minimum atomic E-state index is -4.74. The first-order valence-corrected chi connectivity index (χ1v) is 7.46. The molecule has 0 bridgehead atoms. The first-order valence-electron chi connectivity index (χ1n) is 7.46. The second-order valence-corrected chi connectivity index (χ2v) is 6.27. The molecule has 0 N–H and O–H groups in total. The Balaban J connectivity index is 2.42. The van der Waals surface area contributed by atoms with Crippen LogP contribution in [0.4, 0.5) is 13.2 Å². The maximum Gasteiger partial charge on any atom is 0.430 e. The van der Waals surface area contributed by atoms with Crippen molar-refractivity contribution in [2.24, 2.45) is 0 Å². The average Bonchev–Trinajstić information content (AvgIpc) is 2.43. The fraction of sp³-hybridized carbons (Fsp3) is 0.471. The summed E-state index contributed by atoms with van der Waals surface area (Å²) in [5.41, 5.74) is -0.709. The van der Waals surface area contributed by atoms with Crippen LogP contribution in [0.1, 0.15) is 33.3 Å². The van der Waals surface area contributed by atoms with Gasteiger partial charge in [0.25, 0.3) is 0 Å². The van der Waals surface area contributed by atoms with E-state index in [-0.39, 0.29) is 12.4 Å². The zero-order chi connectivity index (χ0) is 18.1. The van der Waals surface area contributed by atoms with E-state index in [0.717, 1.165) is 6.08 Å². The van der Waals surface area contributed by atoms with E-state index in [9.17, 15) is 18.0 Å². The second kappa shape index (κ2) is 6.37. The van der Waals surface area contributed by atoms with Crippen LogP contribution in [0.3, 0.4) is 0 Å². The lowest BCUT2D eigenvalue weighted by Crippen LogP contribution is -2.40. The number of esters is 1. The molecule has 132 valence electrons. The Morgan fingerprint density at radius 1 is 1.25 bits per heavy atom. The Hall–Kier alpha value is -2.18. The molecule has 0 saturated carbocycles. The number of halogens is 3. The molecule has 1 aliphatic rings. The zero-order valence-electron chi connectivity index (χ0n) is 13.9. The highest BCUT2D eigenvalue weighted by Gasteiger charge is 2.48. The van der Waals surface area contributed by atoms with Crippen molar-refractivity contribution in [3.8, 4) is 11.5 Å². The minimum Gasteiger partial charge on any atom is -0.488 e. The lowest BCUT2D eigenvalue weighted by Gasteiger charge is -2.28. The van der Waals surface area contributed by atoms with Gasteiger partial charge < -0.3 is 14.2 Å². The van der Waals surface area contributed by atoms with Gasteiger partial charge in [-0.25, -0.2) is 4.79 Å². The molecule has 0 radical (unpaired) electrons. The lowest BCUT2D eigenvalue weighted by molar-refractivity contribution is -0.187. The van der Waals surface area contributed by atoms with Gasteiger partial charge in [-0.1, -0.05) is 0 Å². The van der Waals surface area contributed by atoms with E-state index in [1.807, 2.05) is 20.8 Å². The molecule has 0 saturated heterocycles. The monoisotopic (exact) mass is 344 g/mol. The molecule has 1 atom stereocenters. The molecule has 1 heterocycles. The Morgan fingerprint density at radius 3 is 2.46 bits per heavy atom. The van der Waals surface area contributed by atoms with Gasteiger partial charge in [0.05, 0.1) is 12.2 Å². The Morgan fingerprint density at radius 2 is 1.92 bits per heavy atom. The lowest BCUT2D eigenvalue weighted by atomic mass is 10.0. The molecule has 7 heteroatoms. The number of alkyl halides is 3. The average molecular weight is 344 g/mol. The molecular formula is C17H19F3O4. The fourth-order valence-corrected chi connectivity index (χ4v) is 2.21. The summed E-state index contributed by atoms with van der Waals surface area (Å²) < 4.78 is 55.1. The van der Waals surface area contributed by atoms with Crippen LogP contribution in [-0.4, -0.2) is 30.5 Å². The van der Waals surface area contributed by atoms with E-state index in [2.05, 4.69) is 0 Å². The van der Waals surface area contributed by atoms with E-state index >= 15 is 0 Å². The van der Waals surface area contributed by atoms with Crippen LogP contribution in [0.2, 0.25) is 0 Å². The summed E-state index contributed by atoms with van der Waals surface area (Å²) in [7, 11) is 0. The van der Waals surface area contributed by atoms with Crippen LogP contribution in [-0.2, 0) is 9.53 Å². The third-order valence-corrected chi connectivity index (χ3v) is 3.06. The van der Waals surface area contributed by atoms with Crippen molar-refractivity contribution in [3.05, 3.63) is 29.3 Å². The third-order valence-electron chi connectivity index (χ3n) is 3.06. The molecule has 1 aromatic carbocycles. The fourth-order valence-electron chi connectivity index (χ4n) is 2.21. The first-order chi connectivity index (χ1) is 11.0. The van der Waals surface area contributed by atoms with Gasteiger partial charge >= 0.3 is 12.1 Å². The van der Waals surface area contributed by atoms with Gasteiger partial charge in [-0.3, -0.25) is 0 Å². The zero-order valence-corrected chi connectivity index (χ0v) is 13.9. The molecule has 0 aliphatic carbocycles. The summed E-state index contributed by atoms with van der Waals surface area (Å²) in [6.45, 7) is 6.97. The summed E-state index contributed by atoms with van der Waals surface area (Å²) in [6, 6.07) is 4.54. The van der Waals surface area contributed by atoms with Gasteiger partial charge in [0, 0.05) is 11.6 Å².